The van der Waals surface area contributed by atoms with Crippen LogP contribution in [0.5, 0.6) is 0 Å². The number of carbonyl (C=O) groups is 5. The minimum atomic E-state index is -2.97. The Labute approximate surface area is 208 Å². The van der Waals surface area contributed by atoms with Crippen LogP contribution >= 0.6 is 0 Å². The number of aliphatic carboxylic acids is 3. The number of hydrogen-bond donors (Lipinski definition) is 1. The summed E-state index contributed by atoms with van der Waals surface area (Å²) in [4.78, 5) is 57.0. The van der Waals surface area contributed by atoms with Crippen molar-refractivity contribution in [1.82, 2.24) is 9.47 Å². The van der Waals surface area contributed by atoms with Crippen molar-refractivity contribution in [2.45, 2.75) is 45.3 Å². The van der Waals surface area contributed by atoms with Gasteiger partial charge in [0.1, 0.15) is 5.60 Å². The van der Waals surface area contributed by atoms with Crippen LogP contribution in [0.2, 0.25) is 0 Å². The van der Waals surface area contributed by atoms with Gasteiger partial charge in [-0.15, -0.1) is 0 Å². The number of carboxylic acids is 3. The molecule has 0 spiro atoms. The van der Waals surface area contributed by atoms with Gasteiger partial charge in [0, 0.05) is 49.5 Å². The average molecular weight is 502 g/mol. The maximum Gasteiger partial charge on any atom is 0.209 e. The van der Waals surface area contributed by atoms with Gasteiger partial charge in [0.2, 0.25) is 5.78 Å². The van der Waals surface area contributed by atoms with Gasteiger partial charge in [-0.3, -0.25) is 9.59 Å². The Hall–Kier alpha value is -3.83. The molecule has 1 aromatic carbocycles. The predicted octanol–water partition coefficient (Wildman–Crippen LogP) is -2.23. The minimum absolute atomic E-state index is 0.0489. The molecule has 0 amide bonds. The summed E-state index contributed by atoms with van der Waals surface area (Å²) in [5.41, 5.74) is -1.77. The molecule has 0 radical (unpaired) electrons. The van der Waals surface area contributed by atoms with Crippen molar-refractivity contribution in [1.29, 1.82) is 0 Å². The molecule has 2 aromatic rings. The molecule has 0 saturated heterocycles. The molecule has 1 aromatic heterocycles. The quantitative estimate of drug-likeness (QED) is 0.278. The van der Waals surface area contributed by atoms with Crippen molar-refractivity contribution in [3.05, 3.63) is 59.9 Å². The highest BCUT2D eigenvalue weighted by Crippen LogP contribution is 2.13. The van der Waals surface area contributed by atoms with E-state index in [1.165, 1.54) is 0 Å². The smallest absolute Gasteiger partial charge is 0.209 e. The van der Waals surface area contributed by atoms with Crippen molar-refractivity contribution in [2.75, 3.05) is 19.6 Å². The third kappa shape index (κ3) is 9.80. The fourth-order valence-corrected chi connectivity index (χ4v) is 3.27. The first-order valence-electron chi connectivity index (χ1n) is 11.3. The molecule has 0 atom stereocenters. The number of rotatable bonds is 14. The normalized spacial score (nSPS) is 10.9. The fourth-order valence-electron chi connectivity index (χ4n) is 3.27. The molecule has 1 heterocycles. The van der Waals surface area contributed by atoms with Crippen LogP contribution in [0.15, 0.2) is 48.7 Å². The number of Topliss-reactive ketones (excluding diaryl/α,β-unsaturated/α-hetero) is 1. The Balaban J connectivity index is 0.000000426. The van der Waals surface area contributed by atoms with E-state index < -0.39 is 36.4 Å². The molecule has 0 bridgehead atoms. The number of hydrogen-bond acceptors (Lipinski definition) is 10. The molecular formula is C25H29N2O9-3. The highest BCUT2D eigenvalue weighted by atomic mass is 16.4. The minimum Gasteiger partial charge on any atom is -0.550 e. The third-order valence-corrected chi connectivity index (χ3v) is 5.30. The first kappa shape index (κ1) is 30.2. The maximum absolute atomic E-state index is 12.5. The molecule has 0 saturated carbocycles. The van der Waals surface area contributed by atoms with Crippen LogP contribution in [0.4, 0.5) is 0 Å². The number of ketones is 2. The number of nitrogens with zero attached hydrogens (tertiary/aromatic N) is 2. The molecule has 11 heteroatoms. The summed E-state index contributed by atoms with van der Waals surface area (Å²) < 4.78 is 1.75. The summed E-state index contributed by atoms with van der Waals surface area (Å²) in [6, 6.07) is 12.7. The highest BCUT2D eigenvalue weighted by molar-refractivity contribution is 6.08. The number of benzene rings is 1. The molecule has 0 aliphatic rings. The summed E-state index contributed by atoms with van der Waals surface area (Å²) in [6.07, 6.45) is -0.406. The molecule has 0 fully saturated rings. The number of aromatic nitrogens is 1. The van der Waals surface area contributed by atoms with Gasteiger partial charge in [0.05, 0.1) is 18.2 Å². The lowest BCUT2D eigenvalue weighted by molar-refractivity contribution is -0.339. The Morgan fingerprint density at radius 1 is 0.889 bits per heavy atom. The zero-order chi connectivity index (χ0) is 27.3. The molecule has 36 heavy (non-hydrogen) atoms. The van der Waals surface area contributed by atoms with Crippen LogP contribution in [0.3, 0.4) is 0 Å². The summed E-state index contributed by atoms with van der Waals surface area (Å²) in [6.45, 7) is 7.11. The van der Waals surface area contributed by atoms with Crippen molar-refractivity contribution in [2.24, 2.45) is 0 Å². The lowest BCUT2D eigenvalue weighted by Crippen LogP contribution is -2.54. The SMILES string of the molecule is CCN(CC)CCC(=O)Cn1cccc1C(=O)c1ccccc1.O=C([O-])CC(O)(CC(=O)[O-])C(=O)[O-]. The van der Waals surface area contributed by atoms with Crippen molar-refractivity contribution >= 4 is 29.5 Å². The Morgan fingerprint density at radius 3 is 1.92 bits per heavy atom. The van der Waals surface area contributed by atoms with E-state index in [1.807, 2.05) is 24.3 Å². The van der Waals surface area contributed by atoms with Gasteiger partial charge in [-0.05, 0) is 25.2 Å². The highest BCUT2D eigenvalue weighted by Gasteiger charge is 2.29. The van der Waals surface area contributed by atoms with Crippen LogP contribution in [-0.2, 0) is 25.7 Å². The molecule has 0 aliphatic carbocycles. The lowest BCUT2D eigenvalue weighted by atomic mass is 9.96. The van der Waals surface area contributed by atoms with Gasteiger partial charge >= 0.3 is 0 Å². The number of carboxylic acid groups (broad SMARTS) is 3. The van der Waals surface area contributed by atoms with Crippen molar-refractivity contribution < 1.29 is 44.4 Å². The predicted molar refractivity (Wildman–Crippen MR) is 121 cm³/mol. The van der Waals surface area contributed by atoms with E-state index in [2.05, 4.69) is 18.7 Å². The van der Waals surface area contributed by atoms with Gasteiger partial charge in [-0.25, -0.2) is 0 Å². The average Bonchev–Trinajstić information content (AvgIpc) is 3.27. The fraction of sp³-hybridized carbons (Fsp3) is 0.400. The van der Waals surface area contributed by atoms with Crippen LogP contribution < -0.4 is 15.3 Å². The Bertz CT molecular complexity index is 1030. The molecule has 0 aliphatic heterocycles. The van der Waals surface area contributed by atoms with Crippen LogP contribution in [-0.4, -0.2) is 69.3 Å². The van der Waals surface area contributed by atoms with Crippen molar-refractivity contribution in [3.8, 4) is 0 Å². The second kappa shape index (κ2) is 14.5. The maximum atomic E-state index is 12.5. The van der Waals surface area contributed by atoms with E-state index in [1.54, 1.807) is 29.0 Å². The Kier molecular flexibility index (Phi) is 12.2. The van der Waals surface area contributed by atoms with E-state index >= 15 is 0 Å². The van der Waals surface area contributed by atoms with Gasteiger partial charge < -0.3 is 44.3 Å². The van der Waals surface area contributed by atoms with Crippen LogP contribution in [0.1, 0.15) is 49.2 Å². The van der Waals surface area contributed by atoms with E-state index in [-0.39, 0.29) is 18.1 Å². The van der Waals surface area contributed by atoms with Crippen molar-refractivity contribution in [3.63, 3.8) is 0 Å². The van der Waals surface area contributed by atoms with Crippen LogP contribution in [0, 0.1) is 0 Å². The third-order valence-electron chi connectivity index (χ3n) is 5.30. The molecule has 11 nitrogen and oxygen atoms in total. The zero-order valence-corrected chi connectivity index (χ0v) is 20.2. The first-order chi connectivity index (χ1) is 16.9. The molecular weight excluding hydrogens is 472 g/mol. The van der Waals surface area contributed by atoms with E-state index in [4.69, 9.17) is 5.11 Å². The first-order valence-corrected chi connectivity index (χ1v) is 11.3. The molecule has 196 valence electrons. The summed E-state index contributed by atoms with van der Waals surface area (Å²) in [7, 11) is 0. The Morgan fingerprint density at radius 2 is 1.44 bits per heavy atom. The van der Waals surface area contributed by atoms with Crippen LogP contribution in [0.25, 0.3) is 0 Å². The van der Waals surface area contributed by atoms with E-state index in [9.17, 15) is 39.3 Å². The number of carbonyl (C=O) groups excluding carboxylic acids is 5. The van der Waals surface area contributed by atoms with Gasteiger partial charge in [-0.1, -0.05) is 44.2 Å². The van der Waals surface area contributed by atoms with Gasteiger partial charge in [0.25, 0.3) is 0 Å². The standard InChI is InChI=1S/C19H24N2O2.C6H8O7/c1-3-20(4-2)14-12-17(22)15-21-13-8-11-18(21)19(23)16-9-6-5-7-10-16;7-3(8)1-6(13,5(11)12)2-4(9)10/h5-11,13H,3-4,12,14-15H2,1-2H3;13H,1-2H2,(H,7,8)(H,9,10)(H,11,12)/p-3. The monoisotopic (exact) mass is 501 g/mol. The summed E-state index contributed by atoms with van der Waals surface area (Å²) in [5.74, 6) is -5.89. The second-order valence-electron chi connectivity index (χ2n) is 7.95. The topological polar surface area (TPSA) is 183 Å². The summed E-state index contributed by atoms with van der Waals surface area (Å²) in [5, 5.41) is 38.9. The second-order valence-corrected chi connectivity index (χ2v) is 7.95. The summed E-state index contributed by atoms with van der Waals surface area (Å²) >= 11 is 0. The molecule has 0 unspecified atom stereocenters. The van der Waals surface area contributed by atoms with Gasteiger partial charge in [-0.2, -0.15) is 0 Å². The largest absolute Gasteiger partial charge is 0.550 e. The molecule has 2 rings (SSSR count). The van der Waals surface area contributed by atoms with E-state index in [0.717, 1.165) is 19.6 Å². The zero-order valence-electron chi connectivity index (χ0n) is 20.2. The lowest BCUT2D eigenvalue weighted by Gasteiger charge is -2.29. The molecule has 1 N–H and O–H groups in total. The van der Waals surface area contributed by atoms with Gasteiger partial charge in [0.15, 0.2) is 5.78 Å². The van der Waals surface area contributed by atoms with E-state index in [0.29, 0.717) is 17.7 Å². The number of aliphatic hydroxyl groups is 1.